The second-order valence-corrected chi connectivity index (χ2v) is 7.86. The molecular weight excluding hydrogens is 398 g/mol. The van der Waals surface area contributed by atoms with Crippen molar-refractivity contribution in [3.05, 3.63) is 96.0 Å². The maximum absolute atomic E-state index is 15.6. The molecule has 1 aliphatic carbocycles. The number of benzene rings is 3. The molecule has 3 aromatic carbocycles. The fraction of sp³-hybridized carbons (Fsp3) is 0.160. The first kappa shape index (κ1) is 18.3. The summed E-state index contributed by atoms with van der Waals surface area (Å²) >= 11 is 0. The van der Waals surface area contributed by atoms with Gasteiger partial charge in [0.1, 0.15) is 12.0 Å². The smallest absolute Gasteiger partial charge is 0.401 e. The molecular formula is C25H18F2N2O2. The van der Waals surface area contributed by atoms with Gasteiger partial charge in [-0.25, -0.2) is 0 Å². The number of hydrogen-bond donors (Lipinski definition) is 0. The molecule has 4 nitrogen and oxygen atoms in total. The molecule has 2 heterocycles. The number of aromatic nitrogens is 2. The summed E-state index contributed by atoms with van der Waals surface area (Å²) in [6.45, 7) is 0. The molecule has 0 N–H and O–H groups in total. The zero-order valence-corrected chi connectivity index (χ0v) is 16.5. The summed E-state index contributed by atoms with van der Waals surface area (Å²) in [5.41, 5.74) is 2.54. The van der Waals surface area contributed by atoms with E-state index in [9.17, 15) is 0 Å². The summed E-state index contributed by atoms with van der Waals surface area (Å²) in [7, 11) is 0. The molecule has 0 saturated heterocycles. The van der Waals surface area contributed by atoms with Gasteiger partial charge < -0.3 is 9.15 Å². The molecule has 2 aromatic heterocycles. The van der Waals surface area contributed by atoms with E-state index in [0.29, 0.717) is 18.4 Å². The van der Waals surface area contributed by atoms with E-state index < -0.39 is 12.2 Å². The monoisotopic (exact) mass is 416 g/mol. The first-order valence-electron chi connectivity index (χ1n) is 10.2. The SMILES string of the molecule is FC(F)(OC1Cc2ccccc2C1)c1c(-c2ccc3ccccc3c2)nc2occn12. The van der Waals surface area contributed by atoms with Crippen molar-refractivity contribution in [1.82, 2.24) is 9.38 Å². The zero-order chi connectivity index (χ0) is 21.0. The molecule has 0 unspecified atom stereocenters. The Morgan fingerprint density at radius 2 is 1.65 bits per heavy atom. The van der Waals surface area contributed by atoms with Gasteiger partial charge in [-0.2, -0.15) is 13.8 Å². The fourth-order valence-corrected chi connectivity index (χ4v) is 4.47. The van der Waals surface area contributed by atoms with Crippen LogP contribution in [0.25, 0.3) is 27.9 Å². The van der Waals surface area contributed by atoms with Gasteiger partial charge in [0, 0.05) is 11.8 Å². The van der Waals surface area contributed by atoms with Gasteiger partial charge in [-0.05, 0) is 40.8 Å². The van der Waals surface area contributed by atoms with Gasteiger partial charge in [-0.15, -0.1) is 0 Å². The number of halogens is 2. The highest BCUT2D eigenvalue weighted by molar-refractivity contribution is 5.87. The van der Waals surface area contributed by atoms with E-state index in [1.807, 2.05) is 60.7 Å². The minimum Gasteiger partial charge on any atom is -0.432 e. The predicted octanol–water partition coefficient (Wildman–Crippen LogP) is 5.98. The lowest BCUT2D eigenvalue weighted by Gasteiger charge is -2.22. The van der Waals surface area contributed by atoms with Crippen LogP contribution in [0.1, 0.15) is 16.8 Å². The minimum absolute atomic E-state index is 0.108. The molecule has 0 fully saturated rings. The molecule has 0 bridgehead atoms. The average Bonchev–Trinajstić information content (AvgIpc) is 3.46. The lowest BCUT2D eigenvalue weighted by Crippen LogP contribution is -2.28. The van der Waals surface area contributed by atoms with Crippen LogP contribution in [0, 0.1) is 0 Å². The second kappa shape index (κ2) is 6.75. The third-order valence-corrected chi connectivity index (χ3v) is 5.89. The lowest BCUT2D eigenvalue weighted by molar-refractivity contribution is -0.273. The largest absolute Gasteiger partial charge is 0.432 e. The van der Waals surface area contributed by atoms with E-state index in [0.717, 1.165) is 21.9 Å². The van der Waals surface area contributed by atoms with E-state index in [1.54, 1.807) is 6.07 Å². The number of fused-ring (bicyclic) bond motifs is 3. The first-order chi connectivity index (χ1) is 15.1. The molecule has 0 atom stereocenters. The molecule has 0 radical (unpaired) electrons. The van der Waals surface area contributed by atoms with Crippen LogP contribution in [0.4, 0.5) is 8.78 Å². The van der Waals surface area contributed by atoms with Crippen molar-refractivity contribution in [2.75, 3.05) is 0 Å². The normalized spacial score (nSPS) is 14.5. The Labute approximate surface area is 176 Å². The van der Waals surface area contributed by atoms with E-state index in [2.05, 4.69) is 4.98 Å². The van der Waals surface area contributed by atoms with Crippen molar-refractivity contribution in [1.29, 1.82) is 0 Å². The lowest BCUT2D eigenvalue weighted by atomic mass is 10.0. The predicted molar refractivity (Wildman–Crippen MR) is 113 cm³/mol. The Hall–Kier alpha value is -3.51. The van der Waals surface area contributed by atoms with Crippen molar-refractivity contribution >= 4 is 16.6 Å². The topological polar surface area (TPSA) is 39.7 Å². The molecule has 5 aromatic rings. The fourth-order valence-electron chi connectivity index (χ4n) is 4.47. The van der Waals surface area contributed by atoms with E-state index in [-0.39, 0.29) is 17.2 Å². The Morgan fingerprint density at radius 3 is 2.42 bits per heavy atom. The third kappa shape index (κ3) is 3.02. The van der Waals surface area contributed by atoms with Crippen molar-refractivity contribution in [2.45, 2.75) is 25.1 Å². The maximum Gasteiger partial charge on any atom is 0.401 e. The van der Waals surface area contributed by atoms with Gasteiger partial charge >= 0.3 is 12.0 Å². The van der Waals surface area contributed by atoms with Crippen LogP contribution < -0.4 is 0 Å². The summed E-state index contributed by atoms with van der Waals surface area (Å²) < 4.78 is 43.2. The molecule has 6 rings (SSSR count). The summed E-state index contributed by atoms with van der Waals surface area (Å²) in [6.07, 6.45) is -0.430. The van der Waals surface area contributed by atoms with Crippen LogP contribution in [0.15, 0.2) is 83.6 Å². The number of nitrogens with zero attached hydrogens (tertiary/aromatic N) is 2. The van der Waals surface area contributed by atoms with Crippen LogP contribution in [-0.4, -0.2) is 15.5 Å². The van der Waals surface area contributed by atoms with E-state index >= 15 is 8.78 Å². The number of rotatable bonds is 4. The van der Waals surface area contributed by atoms with E-state index in [4.69, 9.17) is 9.15 Å². The molecule has 154 valence electrons. The maximum atomic E-state index is 15.6. The molecule has 0 aliphatic heterocycles. The standard InChI is InChI=1S/C25H18F2N2O2/c26-25(27,31-21-14-18-7-3-4-8-19(18)15-21)23-22(28-24-29(23)11-12-30-24)20-10-9-16-5-1-2-6-17(16)13-20/h1-13,21H,14-15H2. The molecule has 0 amide bonds. The summed E-state index contributed by atoms with van der Waals surface area (Å²) in [4.78, 5) is 4.37. The summed E-state index contributed by atoms with van der Waals surface area (Å²) in [5, 5.41) is 1.98. The number of alkyl halides is 2. The van der Waals surface area contributed by atoms with Gasteiger partial charge in [0.25, 0.3) is 0 Å². The van der Waals surface area contributed by atoms with Gasteiger partial charge in [0.2, 0.25) is 0 Å². The van der Waals surface area contributed by atoms with Gasteiger partial charge in [0.05, 0.1) is 6.10 Å². The van der Waals surface area contributed by atoms with Crippen LogP contribution in [0.3, 0.4) is 0 Å². The van der Waals surface area contributed by atoms with Crippen molar-refractivity contribution in [3.63, 3.8) is 0 Å². The van der Waals surface area contributed by atoms with Crippen molar-refractivity contribution in [2.24, 2.45) is 0 Å². The van der Waals surface area contributed by atoms with E-state index in [1.165, 1.54) is 16.9 Å². The average molecular weight is 416 g/mol. The minimum atomic E-state index is -3.54. The molecule has 6 heteroatoms. The zero-order valence-electron chi connectivity index (χ0n) is 16.5. The number of oxazole rings is 1. The highest BCUT2D eigenvalue weighted by atomic mass is 19.3. The summed E-state index contributed by atoms with van der Waals surface area (Å²) in [5.74, 6) is 0.108. The Kier molecular flexibility index (Phi) is 3.98. The van der Waals surface area contributed by atoms with Crippen LogP contribution in [0.2, 0.25) is 0 Å². The Morgan fingerprint density at radius 1 is 0.935 bits per heavy atom. The Balaban J connectivity index is 1.42. The molecule has 0 saturated carbocycles. The first-order valence-corrected chi connectivity index (χ1v) is 10.2. The van der Waals surface area contributed by atoms with Gasteiger partial charge in [0.15, 0.2) is 5.69 Å². The van der Waals surface area contributed by atoms with Gasteiger partial charge in [-0.3, -0.25) is 4.40 Å². The van der Waals surface area contributed by atoms with Crippen molar-refractivity contribution < 1.29 is 17.9 Å². The second-order valence-electron chi connectivity index (χ2n) is 7.86. The highest BCUT2D eigenvalue weighted by Crippen LogP contribution is 2.40. The Bertz CT molecular complexity index is 1390. The molecule has 31 heavy (non-hydrogen) atoms. The van der Waals surface area contributed by atoms with Gasteiger partial charge in [-0.1, -0.05) is 60.7 Å². The van der Waals surface area contributed by atoms with Crippen LogP contribution in [0.5, 0.6) is 0 Å². The number of ether oxygens (including phenoxy) is 1. The number of imidazole rings is 1. The highest BCUT2D eigenvalue weighted by Gasteiger charge is 2.44. The number of hydrogen-bond acceptors (Lipinski definition) is 3. The van der Waals surface area contributed by atoms with Crippen LogP contribution in [-0.2, 0) is 23.7 Å². The molecule has 0 spiro atoms. The third-order valence-electron chi connectivity index (χ3n) is 5.89. The van der Waals surface area contributed by atoms with Crippen molar-refractivity contribution in [3.8, 4) is 11.3 Å². The molecule has 1 aliphatic rings. The quantitative estimate of drug-likeness (QED) is 0.362. The van der Waals surface area contributed by atoms with Crippen LogP contribution >= 0.6 is 0 Å². The summed E-state index contributed by atoms with van der Waals surface area (Å²) in [6, 6.07) is 21.1.